The van der Waals surface area contributed by atoms with Gasteiger partial charge in [-0.3, -0.25) is 9.00 Å². The standard InChI is InChI=1S/C12H18N2O3S/c1-9-3-4-10(13)7-11(9)18(16)8-12(15)14-5-6-17-2/h3-4,7H,5-6,8,13H2,1-2H3,(H,14,15). The molecule has 0 heterocycles. The van der Waals surface area contributed by atoms with Crippen LogP contribution in [0.2, 0.25) is 0 Å². The van der Waals surface area contributed by atoms with E-state index in [-0.39, 0.29) is 11.7 Å². The molecule has 0 saturated heterocycles. The number of benzene rings is 1. The summed E-state index contributed by atoms with van der Waals surface area (Å²) in [6.45, 7) is 2.70. The summed E-state index contributed by atoms with van der Waals surface area (Å²) in [5.74, 6) is -0.319. The van der Waals surface area contributed by atoms with Crippen LogP contribution in [0.15, 0.2) is 23.1 Å². The maximum atomic E-state index is 12.0. The van der Waals surface area contributed by atoms with Crippen LogP contribution < -0.4 is 11.1 Å². The first-order chi connectivity index (χ1) is 8.54. The average Bonchev–Trinajstić information content (AvgIpc) is 2.32. The first kappa shape index (κ1) is 14.7. The molecule has 1 unspecified atom stereocenters. The van der Waals surface area contributed by atoms with Crippen LogP contribution in [0.4, 0.5) is 5.69 Å². The lowest BCUT2D eigenvalue weighted by molar-refractivity contribution is -0.118. The maximum Gasteiger partial charge on any atom is 0.233 e. The number of hydrogen-bond donors (Lipinski definition) is 2. The van der Waals surface area contributed by atoms with Crippen LogP contribution in [0, 0.1) is 6.92 Å². The molecule has 0 aliphatic heterocycles. The third-order valence-electron chi connectivity index (χ3n) is 2.35. The van der Waals surface area contributed by atoms with Crippen LogP contribution in [-0.4, -0.2) is 36.1 Å². The molecule has 1 atom stereocenters. The highest BCUT2D eigenvalue weighted by atomic mass is 32.2. The Balaban J connectivity index is 2.59. The Kier molecular flexibility index (Phi) is 5.80. The second kappa shape index (κ2) is 7.13. The highest BCUT2D eigenvalue weighted by Gasteiger charge is 2.12. The highest BCUT2D eigenvalue weighted by molar-refractivity contribution is 7.85. The number of carbonyl (C=O) groups excluding carboxylic acids is 1. The first-order valence-electron chi connectivity index (χ1n) is 5.54. The van der Waals surface area contributed by atoms with E-state index < -0.39 is 10.8 Å². The number of nitrogens with two attached hydrogens (primary N) is 1. The van der Waals surface area contributed by atoms with Gasteiger partial charge in [-0.1, -0.05) is 6.07 Å². The molecule has 1 amide bonds. The Labute approximate surface area is 109 Å². The van der Waals surface area contributed by atoms with E-state index in [1.54, 1.807) is 25.3 Å². The molecule has 0 radical (unpaired) electrons. The van der Waals surface area contributed by atoms with E-state index in [0.29, 0.717) is 23.7 Å². The third-order valence-corrected chi connectivity index (χ3v) is 3.80. The van der Waals surface area contributed by atoms with Crippen LogP contribution in [-0.2, 0) is 20.3 Å². The SMILES string of the molecule is COCCNC(=O)CS(=O)c1cc(N)ccc1C. The quantitative estimate of drug-likeness (QED) is 0.581. The van der Waals surface area contributed by atoms with Crippen LogP contribution in [0.25, 0.3) is 0 Å². The van der Waals surface area contributed by atoms with Gasteiger partial charge in [0, 0.05) is 24.2 Å². The summed E-state index contributed by atoms with van der Waals surface area (Å²) in [5, 5.41) is 2.63. The molecule has 6 heteroatoms. The van der Waals surface area contributed by atoms with E-state index in [0.717, 1.165) is 5.56 Å². The summed E-state index contributed by atoms with van der Waals surface area (Å²) in [6, 6.07) is 5.19. The lowest BCUT2D eigenvalue weighted by atomic mass is 10.2. The summed E-state index contributed by atoms with van der Waals surface area (Å²) < 4.78 is 16.8. The van der Waals surface area contributed by atoms with Crippen molar-refractivity contribution < 1.29 is 13.7 Å². The van der Waals surface area contributed by atoms with Gasteiger partial charge in [-0.05, 0) is 24.6 Å². The number of rotatable bonds is 6. The van der Waals surface area contributed by atoms with E-state index in [2.05, 4.69) is 5.32 Å². The van der Waals surface area contributed by atoms with E-state index in [4.69, 9.17) is 10.5 Å². The van der Waals surface area contributed by atoms with Gasteiger partial charge in [-0.2, -0.15) is 0 Å². The summed E-state index contributed by atoms with van der Waals surface area (Å²) in [5.41, 5.74) is 7.06. The lowest BCUT2D eigenvalue weighted by Crippen LogP contribution is -2.31. The summed E-state index contributed by atoms with van der Waals surface area (Å²) in [6.07, 6.45) is 0. The Bertz CT molecular complexity index is 449. The first-order valence-corrected chi connectivity index (χ1v) is 6.86. The van der Waals surface area contributed by atoms with Crippen molar-refractivity contribution in [2.24, 2.45) is 0 Å². The minimum atomic E-state index is -1.37. The molecule has 0 spiro atoms. The van der Waals surface area contributed by atoms with Crippen molar-refractivity contribution in [1.82, 2.24) is 5.32 Å². The van der Waals surface area contributed by atoms with Gasteiger partial charge in [-0.25, -0.2) is 0 Å². The Morgan fingerprint density at radius 2 is 2.22 bits per heavy atom. The number of nitrogens with one attached hydrogen (secondary N) is 1. The molecule has 0 fully saturated rings. The van der Waals surface area contributed by atoms with Gasteiger partial charge in [-0.15, -0.1) is 0 Å². The lowest BCUT2D eigenvalue weighted by Gasteiger charge is -2.07. The Morgan fingerprint density at radius 3 is 2.89 bits per heavy atom. The van der Waals surface area contributed by atoms with Gasteiger partial charge in [0.2, 0.25) is 5.91 Å². The van der Waals surface area contributed by atoms with Crippen molar-refractivity contribution in [3.63, 3.8) is 0 Å². The predicted molar refractivity (Wildman–Crippen MR) is 71.8 cm³/mol. The minimum Gasteiger partial charge on any atom is -0.399 e. The molecule has 3 N–H and O–H groups in total. The number of anilines is 1. The second-order valence-corrected chi connectivity index (χ2v) is 5.28. The van der Waals surface area contributed by atoms with Gasteiger partial charge in [0.1, 0.15) is 5.75 Å². The van der Waals surface area contributed by atoms with Gasteiger partial charge in [0.15, 0.2) is 0 Å². The molecule has 100 valence electrons. The van der Waals surface area contributed by atoms with E-state index in [9.17, 15) is 9.00 Å². The summed E-state index contributed by atoms with van der Waals surface area (Å²) in [4.78, 5) is 12.1. The van der Waals surface area contributed by atoms with Crippen molar-refractivity contribution in [3.05, 3.63) is 23.8 Å². The summed E-state index contributed by atoms with van der Waals surface area (Å²) in [7, 11) is 0.182. The molecule has 1 aromatic rings. The van der Waals surface area contributed by atoms with Crippen LogP contribution in [0.3, 0.4) is 0 Å². The summed E-state index contributed by atoms with van der Waals surface area (Å²) >= 11 is 0. The molecule has 18 heavy (non-hydrogen) atoms. The number of aryl methyl sites for hydroxylation is 1. The van der Waals surface area contributed by atoms with Crippen molar-refractivity contribution in [2.75, 3.05) is 31.7 Å². The molecular weight excluding hydrogens is 252 g/mol. The monoisotopic (exact) mass is 270 g/mol. The number of methoxy groups -OCH3 is 1. The fraction of sp³-hybridized carbons (Fsp3) is 0.417. The number of amides is 1. The average molecular weight is 270 g/mol. The van der Waals surface area contributed by atoms with Gasteiger partial charge >= 0.3 is 0 Å². The number of ether oxygens (including phenoxy) is 1. The van der Waals surface area contributed by atoms with Crippen LogP contribution in [0.5, 0.6) is 0 Å². The largest absolute Gasteiger partial charge is 0.399 e. The Morgan fingerprint density at radius 1 is 1.50 bits per heavy atom. The second-order valence-electron chi connectivity index (χ2n) is 3.86. The predicted octanol–water partition coefficient (Wildman–Crippen LogP) is 0.447. The number of hydrogen-bond acceptors (Lipinski definition) is 4. The van der Waals surface area contributed by atoms with Crippen molar-refractivity contribution in [3.8, 4) is 0 Å². The number of carbonyl (C=O) groups is 1. The van der Waals surface area contributed by atoms with Crippen molar-refractivity contribution in [2.45, 2.75) is 11.8 Å². The molecular formula is C12H18N2O3S. The van der Waals surface area contributed by atoms with Gasteiger partial charge in [0.05, 0.1) is 17.4 Å². The highest BCUT2D eigenvalue weighted by Crippen LogP contribution is 2.16. The zero-order valence-electron chi connectivity index (χ0n) is 10.6. The minimum absolute atomic E-state index is 0.0615. The zero-order chi connectivity index (χ0) is 13.5. The van der Waals surface area contributed by atoms with E-state index in [1.807, 2.05) is 6.92 Å². The third kappa shape index (κ3) is 4.46. The maximum absolute atomic E-state index is 12.0. The van der Waals surface area contributed by atoms with Crippen LogP contribution >= 0.6 is 0 Å². The number of nitrogen functional groups attached to an aromatic ring is 1. The molecule has 1 rings (SSSR count). The Hall–Kier alpha value is -1.40. The van der Waals surface area contributed by atoms with Crippen molar-refractivity contribution >= 4 is 22.4 Å². The molecule has 0 bridgehead atoms. The molecule has 0 aliphatic rings. The molecule has 0 aromatic heterocycles. The van der Waals surface area contributed by atoms with E-state index >= 15 is 0 Å². The van der Waals surface area contributed by atoms with E-state index in [1.165, 1.54) is 0 Å². The molecule has 1 aromatic carbocycles. The smallest absolute Gasteiger partial charge is 0.233 e. The fourth-order valence-corrected chi connectivity index (χ4v) is 2.59. The van der Waals surface area contributed by atoms with Crippen molar-refractivity contribution in [1.29, 1.82) is 0 Å². The molecule has 0 aliphatic carbocycles. The van der Waals surface area contributed by atoms with Crippen LogP contribution in [0.1, 0.15) is 5.56 Å². The fourth-order valence-electron chi connectivity index (χ4n) is 1.40. The normalized spacial score (nSPS) is 12.1. The topological polar surface area (TPSA) is 81.4 Å². The molecule has 5 nitrogen and oxygen atoms in total. The zero-order valence-corrected chi connectivity index (χ0v) is 11.4. The van der Waals surface area contributed by atoms with Gasteiger partial charge < -0.3 is 15.8 Å². The van der Waals surface area contributed by atoms with Gasteiger partial charge in [0.25, 0.3) is 0 Å². The molecule has 0 saturated carbocycles.